The van der Waals surface area contributed by atoms with Gasteiger partial charge in [0.05, 0.1) is 5.41 Å². The molecule has 2 atom stereocenters. The molecule has 3 aliphatic rings. The fourth-order valence-electron chi connectivity index (χ4n) is 6.35. The van der Waals surface area contributed by atoms with E-state index in [-0.39, 0.29) is 23.3 Å². The van der Waals surface area contributed by atoms with Gasteiger partial charge < -0.3 is 0 Å². The first-order valence-corrected chi connectivity index (χ1v) is 11.0. The molecule has 154 valence electrons. The summed E-state index contributed by atoms with van der Waals surface area (Å²) in [5, 5.41) is 0.626. The topological polar surface area (TPSA) is 54.5 Å². The fourth-order valence-corrected chi connectivity index (χ4v) is 6.47. The van der Waals surface area contributed by atoms with E-state index >= 15 is 0 Å². The van der Waals surface area contributed by atoms with E-state index in [4.69, 9.17) is 11.6 Å². The second-order valence-electron chi connectivity index (χ2n) is 8.85. The van der Waals surface area contributed by atoms with Gasteiger partial charge >= 0.3 is 0 Å². The third-order valence-corrected chi connectivity index (χ3v) is 7.84. The highest BCUT2D eigenvalue weighted by Gasteiger charge is 2.75. The molecule has 0 amide bonds. The van der Waals surface area contributed by atoms with E-state index in [1.165, 1.54) is 0 Å². The summed E-state index contributed by atoms with van der Waals surface area (Å²) in [7, 11) is 1.83. The van der Waals surface area contributed by atoms with Gasteiger partial charge in [0.2, 0.25) is 0 Å². The lowest BCUT2D eigenvalue weighted by Crippen LogP contribution is -2.64. The Labute approximate surface area is 181 Å². The van der Waals surface area contributed by atoms with E-state index in [0.29, 0.717) is 35.5 Å². The summed E-state index contributed by atoms with van der Waals surface area (Å²) in [6, 6.07) is 14.6. The highest BCUT2D eigenvalue weighted by atomic mass is 35.5. The van der Waals surface area contributed by atoms with Crippen molar-refractivity contribution in [1.29, 1.82) is 0 Å². The summed E-state index contributed by atoms with van der Waals surface area (Å²) in [6.07, 6.45) is 3.55. The van der Waals surface area contributed by atoms with Crippen molar-refractivity contribution >= 4 is 29.0 Å². The molecule has 1 aliphatic heterocycles. The van der Waals surface area contributed by atoms with Gasteiger partial charge in [0.25, 0.3) is 0 Å². The maximum absolute atomic E-state index is 14.0. The molecule has 5 rings (SSSR count). The Morgan fingerprint density at radius 2 is 1.53 bits per heavy atom. The molecule has 2 aliphatic carbocycles. The van der Waals surface area contributed by atoms with Gasteiger partial charge in [-0.15, -0.1) is 0 Å². The van der Waals surface area contributed by atoms with Gasteiger partial charge in [-0.2, -0.15) is 0 Å². The molecular formula is C25H24ClNO3. The van der Waals surface area contributed by atoms with Crippen molar-refractivity contribution in [2.45, 2.75) is 43.6 Å². The molecule has 2 aromatic carbocycles. The zero-order valence-electron chi connectivity index (χ0n) is 17.0. The predicted molar refractivity (Wildman–Crippen MR) is 115 cm³/mol. The standard InChI is InChI=1S/C25H24ClNO3/c1-27-15-20(16-10-12-17(26)13-11-16)24(14-6-2-3-9-21(24)28)25(27)22(29)18-7-4-5-8-19(18)23(25)30/h4-5,7-8,10-13,20H,2-3,6,9,14-15H2,1H3/t20-,24+/m0/s1. The molecule has 0 aromatic heterocycles. The first-order chi connectivity index (χ1) is 14.4. The first kappa shape index (κ1) is 19.7. The van der Waals surface area contributed by atoms with Crippen LogP contribution in [0.5, 0.6) is 0 Å². The van der Waals surface area contributed by atoms with Crippen LogP contribution in [0, 0.1) is 5.41 Å². The monoisotopic (exact) mass is 421 g/mol. The molecule has 1 saturated heterocycles. The Balaban J connectivity index is 1.79. The molecular weight excluding hydrogens is 398 g/mol. The van der Waals surface area contributed by atoms with Crippen molar-refractivity contribution in [3.05, 3.63) is 70.2 Å². The maximum Gasteiger partial charge on any atom is 0.192 e. The number of likely N-dealkylation sites (N-methyl/N-ethyl adjacent to an activating group) is 1. The number of likely N-dealkylation sites (tertiary alicyclic amines) is 1. The molecule has 2 aromatic rings. The number of carbonyl (C=O) groups is 3. The van der Waals surface area contributed by atoms with Crippen LogP contribution in [-0.4, -0.2) is 41.4 Å². The molecule has 0 N–H and O–H groups in total. The third kappa shape index (κ3) is 2.29. The number of ketones is 3. The van der Waals surface area contributed by atoms with Crippen LogP contribution in [0.2, 0.25) is 5.02 Å². The van der Waals surface area contributed by atoms with E-state index in [0.717, 1.165) is 24.8 Å². The SMILES string of the molecule is CN1C[C@@H](c2ccc(Cl)cc2)[C@@]2(CCCCCC2=O)C12C(=O)c1ccccc1C2=O. The lowest BCUT2D eigenvalue weighted by molar-refractivity contribution is -0.132. The van der Waals surface area contributed by atoms with Crippen molar-refractivity contribution in [3.63, 3.8) is 0 Å². The first-order valence-electron chi connectivity index (χ1n) is 10.6. The maximum atomic E-state index is 14.0. The van der Waals surface area contributed by atoms with Crippen molar-refractivity contribution < 1.29 is 14.4 Å². The van der Waals surface area contributed by atoms with Gasteiger partial charge in [-0.1, -0.05) is 60.8 Å². The Morgan fingerprint density at radius 3 is 2.17 bits per heavy atom. The summed E-state index contributed by atoms with van der Waals surface area (Å²) < 4.78 is 0. The number of carbonyl (C=O) groups excluding carboxylic acids is 3. The summed E-state index contributed by atoms with van der Waals surface area (Å²) >= 11 is 6.12. The van der Waals surface area contributed by atoms with Crippen LogP contribution in [0.4, 0.5) is 0 Å². The van der Waals surface area contributed by atoms with Crippen LogP contribution >= 0.6 is 11.6 Å². The van der Waals surface area contributed by atoms with Gasteiger partial charge in [-0.3, -0.25) is 19.3 Å². The Hall–Kier alpha value is -2.30. The second kappa shape index (κ2) is 6.86. The van der Waals surface area contributed by atoms with Crippen LogP contribution in [0.25, 0.3) is 0 Å². The van der Waals surface area contributed by atoms with Crippen LogP contribution < -0.4 is 0 Å². The van der Waals surface area contributed by atoms with Gasteiger partial charge in [0.1, 0.15) is 5.78 Å². The van der Waals surface area contributed by atoms with E-state index in [2.05, 4.69) is 0 Å². The largest absolute Gasteiger partial charge is 0.299 e. The summed E-state index contributed by atoms with van der Waals surface area (Å²) in [6.45, 7) is 0.485. The average molecular weight is 422 g/mol. The molecule has 2 fully saturated rings. The molecule has 2 spiro atoms. The number of rotatable bonds is 1. The highest BCUT2D eigenvalue weighted by Crippen LogP contribution is 2.62. The Kier molecular flexibility index (Phi) is 4.49. The van der Waals surface area contributed by atoms with E-state index < -0.39 is 11.0 Å². The number of hydrogen-bond acceptors (Lipinski definition) is 4. The van der Waals surface area contributed by atoms with Gasteiger partial charge in [-0.25, -0.2) is 0 Å². The van der Waals surface area contributed by atoms with Crippen LogP contribution in [0.3, 0.4) is 0 Å². The lowest BCUT2D eigenvalue weighted by Gasteiger charge is -2.44. The zero-order chi connectivity index (χ0) is 21.1. The lowest BCUT2D eigenvalue weighted by atomic mass is 9.57. The normalized spacial score (nSPS) is 28.3. The molecule has 5 heteroatoms. The fraction of sp³-hybridized carbons (Fsp3) is 0.400. The molecule has 0 bridgehead atoms. The minimum atomic E-state index is -1.46. The molecule has 1 heterocycles. The van der Waals surface area contributed by atoms with E-state index in [9.17, 15) is 14.4 Å². The average Bonchev–Trinajstić information content (AvgIpc) is 3.04. The minimum absolute atomic E-state index is 0.0545. The summed E-state index contributed by atoms with van der Waals surface area (Å²) in [5.41, 5.74) is -0.651. The number of hydrogen-bond donors (Lipinski definition) is 0. The minimum Gasteiger partial charge on any atom is -0.299 e. The molecule has 0 radical (unpaired) electrons. The highest BCUT2D eigenvalue weighted by molar-refractivity contribution is 6.35. The summed E-state index contributed by atoms with van der Waals surface area (Å²) in [4.78, 5) is 43.7. The smallest absolute Gasteiger partial charge is 0.192 e. The van der Waals surface area contributed by atoms with Crippen molar-refractivity contribution in [1.82, 2.24) is 4.90 Å². The zero-order valence-corrected chi connectivity index (χ0v) is 17.7. The van der Waals surface area contributed by atoms with Gasteiger partial charge in [0.15, 0.2) is 17.1 Å². The predicted octanol–water partition coefficient (Wildman–Crippen LogP) is 4.71. The number of benzene rings is 2. The van der Waals surface area contributed by atoms with E-state index in [1.54, 1.807) is 24.3 Å². The quantitative estimate of drug-likeness (QED) is 0.626. The molecule has 1 saturated carbocycles. The molecule has 4 nitrogen and oxygen atoms in total. The van der Waals surface area contributed by atoms with Crippen LogP contribution in [0.15, 0.2) is 48.5 Å². The van der Waals surface area contributed by atoms with Gasteiger partial charge in [0, 0.05) is 35.0 Å². The van der Waals surface area contributed by atoms with Crippen molar-refractivity contribution in [2.75, 3.05) is 13.6 Å². The van der Waals surface area contributed by atoms with E-state index in [1.807, 2.05) is 36.2 Å². The second-order valence-corrected chi connectivity index (χ2v) is 9.29. The van der Waals surface area contributed by atoms with Gasteiger partial charge in [-0.05, 0) is 37.6 Å². The van der Waals surface area contributed by atoms with Crippen LogP contribution in [0.1, 0.15) is 64.3 Å². The number of nitrogens with zero attached hydrogens (tertiary/aromatic N) is 1. The molecule has 30 heavy (non-hydrogen) atoms. The summed E-state index contributed by atoms with van der Waals surface area (Å²) in [5.74, 6) is -0.596. The van der Waals surface area contributed by atoms with Crippen LogP contribution in [-0.2, 0) is 4.79 Å². The van der Waals surface area contributed by atoms with Crippen molar-refractivity contribution in [2.24, 2.45) is 5.41 Å². The molecule has 0 unspecified atom stereocenters. The number of fused-ring (bicyclic) bond motifs is 2. The Bertz CT molecular complexity index is 1030. The Morgan fingerprint density at radius 1 is 0.900 bits per heavy atom. The number of Topliss-reactive ketones (excluding diaryl/α,β-unsaturated/α-hetero) is 3. The third-order valence-electron chi connectivity index (χ3n) is 7.59. The van der Waals surface area contributed by atoms with Crippen molar-refractivity contribution in [3.8, 4) is 0 Å². The number of halogens is 1.